The van der Waals surface area contributed by atoms with Crippen LogP contribution in [0.25, 0.3) is 0 Å². The number of halogens is 2. The zero-order chi connectivity index (χ0) is 37.0. The Morgan fingerprint density at radius 1 is 1.04 bits per heavy atom. The van der Waals surface area contributed by atoms with Crippen molar-refractivity contribution in [3.63, 3.8) is 0 Å². The third-order valence-corrected chi connectivity index (χ3v) is 12.2. The molecule has 0 radical (unpaired) electrons. The van der Waals surface area contributed by atoms with E-state index in [4.69, 9.17) is 9.47 Å². The molecule has 5 atom stereocenters. The van der Waals surface area contributed by atoms with E-state index in [2.05, 4.69) is 15.4 Å². The van der Waals surface area contributed by atoms with Crippen LogP contribution in [0.5, 0.6) is 0 Å². The van der Waals surface area contributed by atoms with E-state index >= 15 is 0 Å². The molecule has 2 saturated carbocycles. The molecule has 3 N–H and O–H groups in total. The van der Waals surface area contributed by atoms with Crippen molar-refractivity contribution in [2.45, 2.75) is 106 Å². The van der Waals surface area contributed by atoms with Gasteiger partial charge in [0, 0.05) is 25.4 Å². The number of nitrogens with one attached hydrogen (secondary N) is 3. The monoisotopic (exact) mass is 749 g/mol. The molecule has 2 aliphatic carbocycles. The summed E-state index contributed by atoms with van der Waals surface area (Å²) in [6.45, 7) is -2.04. The van der Waals surface area contributed by atoms with Gasteiger partial charge in [0.25, 0.3) is 5.91 Å². The molecule has 0 spiro atoms. The second kappa shape index (κ2) is 15.8. The Balaban J connectivity index is 1.24. The van der Waals surface area contributed by atoms with Gasteiger partial charge in [-0.3, -0.25) is 19.1 Å². The lowest BCUT2D eigenvalue weighted by molar-refractivity contribution is -0.141. The summed E-state index contributed by atoms with van der Waals surface area (Å²) in [7, 11) is -3.94. The summed E-state index contributed by atoms with van der Waals surface area (Å²) in [6.07, 6.45) is 3.19. The minimum atomic E-state index is -3.94. The maximum absolute atomic E-state index is 14.2. The molecule has 52 heavy (non-hydrogen) atoms. The van der Waals surface area contributed by atoms with Crippen LogP contribution in [0.1, 0.15) is 68.9 Å². The van der Waals surface area contributed by atoms with E-state index in [-0.39, 0.29) is 25.8 Å². The van der Waals surface area contributed by atoms with Crippen LogP contribution in [-0.2, 0) is 46.8 Å². The van der Waals surface area contributed by atoms with Crippen molar-refractivity contribution >= 4 is 39.9 Å². The fraction of sp³-hybridized carbons (Fsp3) is 0.629. The number of allylic oxidation sites excluding steroid dienone is 1. The van der Waals surface area contributed by atoms with Crippen LogP contribution < -0.4 is 15.4 Å². The van der Waals surface area contributed by atoms with Crippen LogP contribution in [0, 0.1) is 5.92 Å². The number of ether oxygens (including phenoxy) is 2. The molecule has 284 valence electrons. The zero-order valence-electron chi connectivity index (χ0n) is 28.8. The highest BCUT2D eigenvalue weighted by atomic mass is 32.2. The maximum atomic E-state index is 14.2. The van der Waals surface area contributed by atoms with Gasteiger partial charge in [0.2, 0.25) is 21.8 Å². The normalized spacial score (nSPS) is 28.6. The standard InChI is InChI=1S/C35H45F2N5O9S/c36-18-26(19-37)50-33(46)38-28-11-5-3-1-2-4-10-24-17-35(24,32(45)40-52(48,49)27-12-13-27)39-30(43)29-16-25(21-42(29)31(28)44)51-34(47)41-15-14-22-8-6-7-9-23(22)20-41/h4,6-10,24-29H,1-3,5,11-21H2,(H,38,46)(H,39,43)(H,40,45)/b10-4+/t24-,25-,28+,29+,35-/m1/s1. The number of nitrogens with zero attached hydrogens (tertiary/aromatic N) is 2. The number of alkyl carbamates (subject to hydrolysis) is 1. The van der Waals surface area contributed by atoms with Gasteiger partial charge in [0.1, 0.15) is 37.1 Å². The van der Waals surface area contributed by atoms with Crippen LogP contribution in [0.2, 0.25) is 0 Å². The number of amides is 5. The van der Waals surface area contributed by atoms with Gasteiger partial charge in [-0.2, -0.15) is 0 Å². The van der Waals surface area contributed by atoms with Crippen LogP contribution in [0.15, 0.2) is 36.4 Å². The summed E-state index contributed by atoms with van der Waals surface area (Å²) in [5, 5.41) is 4.49. The van der Waals surface area contributed by atoms with Gasteiger partial charge in [-0.25, -0.2) is 26.8 Å². The SMILES string of the molecule is O=C(N[C@H]1CCCCC/C=C/[C@@H]2C[C@@]2(C(=O)NS(=O)(=O)C2CC2)NC(=O)[C@@H]2C[C@@H](OC(=O)N3CCc4ccccc4C3)CN2C1=O)OC(CF)CF. The third-order valence-electron chi connectivity index (χ3n) is 10.4. The van der Waals surface area contributed by atoms with Crippen LogP contribution >= 0.6 is 0 Å². The van der Waals surface area contributed by atoms with Crippen LogP contribution in [0.4, 0.5) is 18.4 Å². The summed E-state index contributed by atoms with van der Waals surface area (Å²) < 4.78 is 64.6. The maximum Gasteiger partial charge on any atom is 0.410 e. The van der Waals surface area contributed by atoms with Gasteiger partial charge < -0.3 is 29.9 Å². The highest BCUT2D eigenvalue weighted by Crippen LogP contribution is 2.46. The first-order valence-electron chi connectivity index (χ1n) is 17.9. The fourth-order valence-electron chi connectivity index (χ4n) is 7.15. The predicted molar refractivity (Wildman–Crippen MR) is 181 cm³/mol. The minimum Gasteiger partial charge on any atom is -0.444 e. The lowest BCUT2D eigenvalue weighted by Gasteiger charge is -2.30. The van der Waals surface area contributed by atoms with Crippen molar-refractivity contribution in [2.75, 3.05) is 26.4 Å². The van der Waals surface area contributed by atoms with Gasteiger partial charge in [-0.15, -0.1) is 0 Å². The Bertz CT molecular complexity index is 1690. The highest BCUT2D eigenvalue weighted by Gasteiger charge is 2.62. The average Bonchev–Trinajstić information content (AvgIpc) is 4.06. The van der Waals surface area contributed by atoms with E-state index in [9.17, 15) is 41.2 Å². The van der Waals surface area contributed by atoms with E-state index in [1.807, 2.05) is 30.3 Å². The van der Waals surface area contributed by atoms with Crippen molar-refractivity contribution in [3.05, 3.63) is 47.5 Å². The molecule has 0 bridgehead atoms. The summed E-state index contributed by atoms with van der Waals surface area (Å²) in [5.74, 6) is -2.84. The second-order valence-corrected chi connectivity index (χ2v) is 16.2. The molecule has 1 aromatic rings. The number of fused-ring (bicyclic) bond motifs is 3. The number of sulfonamides is 1. The van der Waals surface area contributed by atoms with Crippen LogP contribution in [0.3, 0.4) is 0 Å². The molecule has 3 aliphatic heterocycles. The summed E-state index contributed by atoms with van der Waals surface area (Å²) >= 11 is 0. The molecular formula is C35H45F2N5O9S. The molecule has 5 aliphatic rings. The van der Waals surface area contributed by atoms with Crippen molar-refractivity contribution in [1.29, 1.82) is 0 Å². The molecule has 5 amide bonds. The molecule has 3 heterocycles. The lowest BCUT2D eigenvalue weighted by Crippen LogP contribution is -2.58. The molecular weight excluding hydrogens is 704 g/mol. The number of hydrogen-bond donors (Lipinski definition) is 3. The van der Waals surface area contributed by atoms with E-state index in [0.29, 0.717) is 58.0 Å². The third kappa shape index (κ3) is 8.50. The average molecular weight is 750 g/mol. The molecule has 3 fully saturated rings. The van der Waals surface area contributed by atoms with E-state index in [1.165, 1.54) is 9.80 Å². The van der Waals surface area contributed by atoms with Gasteiger partial charge in [0.15, 0.2) is 6.10 Å². The quantitative estimate of drug-likeness (QED) is 0.337. The lowest BCUT2D eigenvalue weighted by atomic mass is 10.0. The first-order valence-corrected chi connectivity index (χ1v) is 19.5. The number of carbonyl (C=O) groups excluding carboxylic acids is 5. The van der Waals surface area contributed by atoms with E-state index in [1.54, 1.807) is 6.08 Å². The summed E-state index contributed by atoms with van der Waals surface area (Å²) in [5.41, 5.74) is 0.511. The zero-order valence-corrected chi connectivity index (χ0v) is 29.6. The summed E-state index contributed by atoms with van der Waals surface area (Å²) in [4.78, 5) is 70.7. The molecule has 1 aromatic carbocycles. The first kappa shape index (κ1) is 37.5. The first-order chi connectivity index (χ1) is 24.9. The number of benzene rings is 1. The van der Waals surface area contributed by atoms with Crippen molar-refractivity contribution in [1.82, 2.24) is 25.2 Å². The Hall–Kier alpha value is -4.28. The van der Waals surface area contributed by atoms with Crippen molar-refractivity contribution < 1.29 is 50.6 Å². The van der Waals surface area contributed by atoms with E-state index in [0.717, 1.165) is 11.1 Å². The van der Waals surface area contributed by atoms with Gasteiger partial charge in [-0.05, 0) is 56.1 Å². The number of hydrogen-bond acceptors (Lipinski definition) is 9. The minimum absolute atomic E-state index is 0.115. The topological polar surface area (TPSA) is 181 Å². The molecule has 0 aromatic heterocycles. The number of alkyl halides is 2. The van der Waals surface area contributed by atoms with Crippen molar-refractivity contribution in [2.24, 2.45) is 5.92 Å². The largest absolute Gasteiger partial charge is 0.444 e. The van der Waals surface area contributed by atoms with Gasteiger partial charge in [-0.1, -0.05) is 49.3 Å². The molecule has 1 saturated heterocycles. The molecule has 17 heteroatoms. The fourth-order valence-corrected chi connectivity index (χ4v) is 8.51. The number of carbonyl (C=O) groups is 5. The van der Waals surface area contributed by atoms with Crippen LogP contribution in [-0.4, -0.2) is 110 Å². The smallest absolute Gasteiger partial charge is 0.410 e. The molecule has 6 rings (SSSR count). The number of rotatable bonds is 8. The second-order valence-electron chi connectivity index (χ2n) is 14.2. The van der Waals surface area contributed by atoms with Gasteiger partial charge >= 0.3 is 12.2 Å². The summed E-state index contributed by atoms with van der Waals surface area (Å²) in [6, 6.07) is 5.19. The predicted octanol–water partition coefficient (Wildman–Crippen LogP) is 2.56. The Labute approximate surface area is 301 Å². The van der Waals surface area contributed by atoms with Crippen molar-refractivity contribution in [3.8, 4) is 0 Å². The Morgan fingerprint density at radius 3 is 2.52 bits per heavy atom. The Kier molecular flexibility index (Phi) is 11.4. The molecule has 14 nitrogen and oxygen atoms in total. The van der Waals surface area contributed by atoms with E-state index < -0.39 is 94.3 Å². The highest BCUT2D eigenvalue weighted by molar-refractivity contribution is 7.91. The molecule has 0 unspecified atom stereocenters. The Morgan fingerprint density at radius 2 is 1.79 bits per heavy atom. The van der Waals surface area contributed by atoms with Gasteiger partial charge in [0.05, 0.1) is 11.8 Å².